The summed E-state index contributed by atoms with van der Waals surface area (Å²) in [5.41, 5.74) is 3.94. The van der Waals surface area contributed by atoms with Gasteiger partial charge in [-0.15, -0.1) is 0 Å². The van der Waals surface area contributed by atoms with E-state index in [0.29, 0.717) is 16.8 Å². The van der Waals surface area contributed by atoms with Crippen LogP contribution in [-0.2, 0) is 11.2 Å². The summed E-state index contributed by atoms with van der Waals surface area (Å²) in [6.45, 7) is 3.71. The van der Waals surface area contributed by atoms with Crippen LogP contribution in [-0.4, -0.2) is 21.7 Å². The molecule has 5 rings (SSSR count). The number of carbonyl (C=O) groups is 1. The van der Waals surface area contributed by atoms with Gasteiger partial charge < -0.3 is 9.64 Å². The number of anilines is 1. The molecule has 0 bridgehead atoms. The van der Waals surface area contributed by atoms with Crippen LogP contribution in [0, 0.1) is 0 Å². The number of benzene rings is 2. The number of carbonyl (C=O) groups excluding carboxylic acids is 1. The lowest BCUT2D eigenvalue weighted by atomic mass is 9.92. The molecule has 1 atom stereocenters. The van der Waals surface area contributed by atoms with Gasteiger partial charge in [0.1, 0.15) is 11.5 Å². The summed E-state index contributed by atoms with van der Waals surface area (Å²) >= 11 is 6.41. The standard InChI is InChI=1S/C24H24ClN3O2/c1-15-7-10-20-22(28(15)16(2)29)12-11-19(17-13-26-27(14-17)18-8-9-18)24(20)30-23-6-4-3-5-21(23)25/h3-6,11-15,18H,7-10H2,1-2H3. The predicted molar refractivity (Wildman–Crippen MR) is 118 cm³/mol. The average molecular weight is 422 g/mol. The minimum Gasteiger partial charge on any atom is -0.455 e. The Kier molecular flexibility index (Phi) is 4.78. The zero-order valence-electron chi connectivity index (χ0n) is 17.1. The highest BCUT2D eigenvalue weighted by Gasteiger charge is 2.31. The summed E-state index contributed by atoms with van der Waals surface area (Å²) in [6, 6.07) is 12.2. The Morgan fingerprint density at radius 3 is 2.70 bits per heavy atom. The molecule has 1 aliphatic heterocycles. The molecule has 0 radical (unpaired) electrons. The van der Waals surface area contributed by atoms with Gasteiger partial charge in [0.05, 0.1) is 22.9 Å². The minimum absolute atomic E-state index is 0.0430. The summed E-state index contributed by atoms with van der Waals surface area (Å²) in [4.78, 5) is 14.3. The van der Waals surface area contributed by atoms with Crippen molar-refractivity contribution in [1.29, 1.82) is 0 Å². The molecule has 5 nitrogen and oxygen atoms in total. The second-order valence-corrected chi connectivity index (χ2v) is 8.60. The third-order valence-corrected chi connectivity index (χ3v) is 6.28. The highest BCUT2D eigenvalue weighted by molar-refractivity contribution is 6.32. The molecule has 30 heavy (non-hydrogen) atoms. The first-order chi connectivity index (χ1) is 14.5. The fourth-order valence-corrected chi connectivity index (χ4v) is 4.46. The molecular formula is C24H24ClN3O2. The van der Waals surface area contributed by atoms with Crippen molar-refractivity contribution in [1.82, 2.24) is 9.78 Å². The van der Waals surface area contributed by atoms with E-state index >= 15 is 0 Å². The molecule has 0 N–H and O–H groups in total. The Morgan fingerprint density at radius 1 is 1.17 bits per heavy atom. The van der Waals surface area contributed by atoms with Crippen LogP contribution in [0.1, 0.15) is 44.7 Å². The lowest BCUT2D eigenvalue weighted by molar-refractivity contribution is -0.117. The fraction of sp³-hybridized carbons (Fsp3) is 0.333. The van der Waals surface area contributed by atoms with Crippen molar-refractivity contribution >= 4 is 23.2 Å². The van der Waals surface area contributed by atoms with E-state index in [2.05, 4.69) is 18.2 Å². The van der Waals surface area contributed by atoms with E-state index < -0.39 is 0 Å². The largest absolute Gasteiger partial charge is 0.455 e. The molecule has 3 aromatic rings. The summed E-state index contributed by atoms with van der Waals surface area (Å²) in [7, 11) is 0. The average Bonchev–Trinajstić information content (AvgIpc) is 3.46. The molecule has 0 spiro atoms. The van der Waals surface area contributed by atoms with Crippen LogP contribution >= 0.6 is 11.6 Å². The van der Waals surface area contributed by atoms with E-state index in [1.165, 1.54) is 12.8 Å². The molecule has 2 heterocycles. The van der Waals surface area contributed by atoms with E-state index in [-0.39, 0.29) is 11.9 Å². The van der Waals surface area contributed by atoms with Crippen LogP contribution in [0.4, 0.5) is 5.69 Å². The molecule has 1 aromatic heterocycles. The Labute approximate surface area is 181 Å². The Balaban J connectivity index is 1.66. The smallest absolute Gasteiger partial charge is 0.224 e. The van der Waals surface area contributed by atoms with E-state index in [1.807, 2.05) is 52.2 Å². The molecular weight excluding hydrogens is 398 g/mol. The van der Waals surface area contributed by atoms with Crippen LogP contribution in [0.3, 0.4) is 0 Å². The first-order valence-electron chi connectivity index (χ1n) is 10.5. The lowest BCUT2D eigenvalue weighted by Gasteiger charge is -2.36. The van der Waals surface area contributed by atoms with Gasteiger partial charge in [-0.3, -0.25) is 9.48 Å². The fourth-order valence-electron chi connectivity index (χ4n) is 4.28. The van der Waals surface area contributed by atoms with Gasteiger partial charge in [0.15, 0.2) is 0 Å². The third-order valence-electron chi connectivity index (χ3n) is 5.97. The number of para-hydroxylation sites is 1. The summed E-state index contributed by atoms with van der Waals surface area (Å²) in [5, 5.41) is 5.12. The predicted octanol–water partition coefficient (Wildman–Crippen LogP) is 6.02. The quantitative estimate of drug-likeness (QED) is 0.517. The van der Waals surface area contributed by atoms with Crippen molar-refractivity contribution < 1.29 is 9.53 Å². The molecule has 2 aliphatic rings. The minimum atomic E-state index is 0.0430. The van der Waals surface area contributed by atoms with Crippen LogP contribution in [0.5, 0.6) is 11.5 Å². The number of nitrogens with zero attached hydrogens (tertiary/aromatic N) is 3. The molecule has 2 aromatic carbocycles. The SMILES string of the molecule is CC(=O)N1c2ccc(-c3cnn(C4CC4)c3)c(Oc3ccccc3Cl)c2CCC1C. The first-order valence-corrected chi connectivity index (χ1v) is 10.8. The maximum atomic E-state index is 12.4. The Bertz CT molecular complexity index is 1120. The normalized spacial score (nSPS) is 18.2. The maximum Gasteiger partial charge on any atom is 0.224 e. The lowest BCUT2D eigenvalue weighted by Crippen LogP contribution is -2.40. The maximum absolute atomic E-state index is 12.4. The van der Waals surface area contributed by atoms with Gasteiger partial charge in [0.25, 0.3) is 0 Å². The highest BCUT2D eigenvalue weighted by atomic mass is 35.5. The van der Waals surface area contributed by atoms with Crippen molar-refractivity contribution in [3.05, 3.63) is 59.4 Å². The summed E-state index contributed by atoms with van der Waals surface area (Å²) < 4.78 is 8.47. The summed E-state index contributed by atoms with van der Waals surface area (Å²) in [5.74, 6) is 1.41. The van der Waals surface area contributed by atoms with Crippen molar-refractivity contribution in [2.45, 2.75) is 51.6 Å². The Hall–Kier alpha value is -2.79. The van der Waals surface area contributed by atoms with Gasteiger partial charge in [-0.2, -0.15) is 5.10 Å². The molecule has 154 valence electrons. The van der Waals surface area contributed by atoms with Gasteiger partial charge in [-0.05, 0) is 56.9 Å². The monoisotopic (exact) mass is 421 g/mol. The van der Waals surface area contributed by atoms with Gasteiger partial charge in [-0.1, -0.05) is 23.7 Å². The molecule has 1 fully saturated rings. The van der Waals surface area contributed by atoms with Crippen molar-refractivity contribution in [2.75, 3.05) is 4.90 Å². The number of hydrogen-bond acceptors (Lipinski definition) is 3. The zero-order valence-corrected chi connectivity index (χ0v) is 17.9. The van der Waals surface area contributed by atoms with E-state index in [9.17, 15) is 4.79 Å². The van der Waals surface area contributed by atoms with Crippen molar-refractivity contribution in [3.8, 4) is 22.6 Å². The van der Waals surface area contributed by atoms with E-state index in [1.54, 1.807) is 6.92 Å². The van der Waals surface area contributed by atoms with E-state index in [0.717, 1.165) is 41.0 Å². The number of ether oxygens (including phenoxy) is 1. The van der Waals surface area contributed by atoms with Crippen LogP contribution in [0.2, 0.25) is 5.02 Å². The topological polar surface area (TPSA) is 47.4 Å². The number of fused-ring (bicyclic) bond motifs is 1. The van der Waals surface area contributed by atoms with Gasteiger partial charge in [0.2, 0.25) is 5.91 Å². The Morgan fingerprint density at radius 2 is 1.97 bits per heavy atom. The molecule has 0 saturated heterocycles. The number of aromatic nitrogens is 2. The van der Waals surface area contributed by atoms with Crippen molar-refractivity contribution in [2.24, 2.45) is 0 Å². The molecule has 1 saturated carbocycles. The number of halogens is 1. The number of hydrogen-bond donors (Lipinski definition) is 0. The van der Waals surface area contributed by atoms with Gasteiger partial charge in [-0.25, -0.2) is 0 Å². The first kappa shape index (κ1) is 19.2. The second-order valence-electron chi connectivity index (χ2n) is 8.19. The number of rotatable bonds is 4. The van der Waals surface area contributed by atoms with Crippen molar-refractivity contribution in [3.63, 3.8) is 0 Å². The van der Waals surface area contributed by atoms with Crippen LogP contribution in [0.25, 0.3) is 11.1 Å². The van der Waals surface area contributed by atoms with E-state index in [4.69, 9.17) is 16.3 Å². The number of amides is 1. The molecule has 6 heteroatoms. The summed E-state index contributed by atoms with van der Waals surface area (Å²) in [6.07, 6.45) is 8.07. The zero-order chi connectivity index (χ0) is 20.8. The molecule has 1 amide bonds. The third kappa shape index (κ3) is 3.37. The highest BCUT2D eigenvalue weighted by Crippen LogP contribution is 2.46. The van der Waals surface area contributed by atoms with Gasteiger partial charge in [0, 0.05) is 35.9 Å². The molecule has 1 unspecified atom stereocenters. The second kappa shape index (κ2) is 7.47. The van der Waals surface area contributed by atoms with Gasteiger partial charge >= 0.3 is 0 Å². The molecule has 1 aliphatic carbocycles. The van der Waals surface area contributed by atoms with Crippen LogP contribution < -0.4 is 9.64 Å². The van der Waals surface area contributed by atoms with Crippen LogP contribution in [0.15, 0.2) is 48.8 Å².